The van der Waals surface area contributed by atoms with Crippen molar-refractivity contribution in [1.82, 2.24) is 9.97 Å². The van der Waals surface area contributed by atoms with Crippen molar-refractivity contribution < 1.29 is 14.3 Å². The van der Waals surface area contributed by atoms with E-state index in [2.05, 4.69) is 9.97 Å². The number of carbonyl (C=O) groups is 1. The number of carbonyl (C=O) groups excluding carboxylic acids is 1. The lowest BCUT2D eigenvalue weighted by Gasteiger charge is -2.12. The first-order chi connectivity index (χ1) is 8.43. The summed E-state index contributed by atoms with van der Waals surface area (Å²) in [6, 6.07) is 0. The Bertz CT molecular complexity index is 435. The summed E-state index contributed by atoms with van der Waals surface area (Å²) < 4.78 is 10.3. The molecule has 1 rings (SSSR count). The molecule has 1 aromatic rings. The Morgan fingerprint density at radius 2 is 1.89 bits per heavy atom. The van der Waals surface area contributed by atoms with Gasteiger partial charge in [0.05, 0.1) is 6.61 Å². The van der Waals surface area contributed by atoms with Crippen LogP contribution in [-0.4, -0.2) is 22.5 Å². The van der Waals surface area contributed by atoms with Crippen molar-refractivity contribution in [2.75, 3.05) is 18.1 Å². The fourth-order valence-electron chi connectivity index (χ4n) is 1.06. The van der Waals surface area contributed by atoms with Gasteiger partial charge in [-0.25, -0.2) is 0 Å². The summed E-state index contributed by atoms with van der Waals surface area (Å²) >= 11 is 0. The predicted octanol–water partition coefficient (Wildman–Crippen LogP) is 0.991. The first kappa shape index (κ1) is 14.0. The fraction of sp³-hybridized carbons (Fsp3) is 0.545. The molecular formula is C11H18N4O3. The lowest BCUT2D eigenvalue weighted by atomic mass is 10.2. The van der Waals surface area contributed by atoms with Crippen LogP contribution in [0.25, 0.3) is 0 Å². The number of esters is 1. The second-order valence-electron chi connectivity index (χ2n) is 4.14. The number of ether oxygens (including phenoxy) is 2. The summed E-state index contributed by atoms with van der Waals surface area (Å²) in [5, 5.41) is 0. The van der Waals surface area contributed by atoms with Gasteiger partial charge in [-0.1, -0.05) is 20.8 Å². The molecule has 18 heavy (non-hydrogen) atoms. The fourth-order valence-corrected chi connectivity index (χ4v) is 1.06. The van der Waals surface area contributed by atoms with E-state index in [0.29, 0.717) is 12.5 Å². The van der Waals surface area contributed by atoms with Crippen LogP contribution in [0.5, 0.6) is 11.8 Å². The molecule has 0 saturated heterocycles. The predicted molar refractivity (Wildman–Crippen MR) is 67.1 cm³/mol. The number of anilines is 2. The van der Waals surface area contributed by atoms with E-state index in [0.717, 1.165) is 0 Å². The summed E-state index contributed by atoms with van der Waals surface area (Å²) in [6.07, 6.45) is 0.214. The molecule has 0 aliphatic carbocycles. The number of hydrogen-bond acceptors (Lipinski definition) is 7. The van der Waals surface area contributed by atoms with E-state index in [4.69, 9.17) is 20.9 Å². The smallest absolute Gasteiger partial charge is 0.312 e. The van der Waals surface area contributed by atoms with Crippen molar-refractivity contribution >= 4 is 17.6 Å². The molecule has 7 nitrogen and oxygen atoms in total. The van der Waals surface area contributed by atoms with E-state index in [9.17, 15) is 4.79 Å². The molecule has 0 aliphatic rings. The second-order valence-corrected chi connectivity index (χ2v) is 4.14. The van der Waals surface area contributed by atoms with Crippen LogP contribution in [0, 0.1) is 5.92 Å². The molecule has 1 heterocycles. The Labute approximate surface area is 105 Å². The van der Waals surface area contributed by atoms with Gasteiger partial charge in [0.25, 0.3) is 5.88 Å². The first-order valence-corrected chi connectivity index (χ1v) is 5.70. The molecule has 100 valence electrons. The zero-order valence-corrected chi connectivity index (χ0v) is 10.8. The summed E-state index contributed by atoms with van der Waals surface area (Å²) in [5.41, 5.74) is 11.3. The number of nitrogens with zero attached hydrogens (tertiary/aromatic N) is 2. The number of hydrogen-bond donors (Lipinski definition) is 2. The Balaban J connectivity index is 2.94. The van der Waals surface area contributed by atoms with Crippen molar-refractivity contribution in [1.29, 1.82) is 0 Å². The molecule has 4 N–H and O–H groups in total. The van der Waals surface area contributed by atoms with Crippen LogP contribution < -0.4 is 20.9 Å². The van der Waals surface area contributed by atoms with Crippen LogP contribution in [0.15, 0.2) is 0 Å². The number of nitrogens with two attached hydrogens (primary N) is 2. The highest BCUT2D eigenvalue weighted by molar-refractivity contribution is 5.74. The van der Waals surface area contributed by atoms with Gasteiger partial charge < -0.3 is 20.9 Å². The molecule has 0 aliphatic heterocycles. The minimum absolute atomic E-state index is 0.0538. The Kier molecular flexibility index (Phi) is 4.70. The minimum Gasteiger partial charge on any atom is -0.476 e. The molecule has 0 amide bonds. The van der Waals surface area contributed by atoms with Gasteiger partial charge in [-0.15, -0.1) is 0 Å². The van der Waals surface area contributed by atoms with Crippen LogP contribution >= 0.6 is 0 Å². The van der Waals surface area contributed by atoms with Gasteiger partial charge in [0.1, 0.15) is 0 Å². The van der Waals surface area contributed by atoms with Crippen LogP contribution in [0.3, 0.4) is 0 Å². The van der Waals surface area contributed by atoms with E-state index < -0.39 is 5.97 Å². The topological polar surface area (TPSA) is 113 Å². The molecule has 0 bridgehead atoms. The summed E-state index contributed by atoms with van der Waals surface area (Å²) in [5.74, 6) is -0.123. The van der Waals surface area contributed by atoms with Crippen molar-refractivity contribution in [3.8, 4) is 11.8 Å². The zero-order valence-electron chi connectivity index (χ0n) is 10.8. The van der Waals surface area contributed by atoms with Gasteiger partial charge in [-0.2, -0.15) is 9.97 Å². The number of rotatable bonds is 5. The molecular weight excluding hydrogens is 236 g/mol. The van der Waals surface area contributed by atoms with Crippen molar-refractivity contribution in [2.45, 2.75) is 27.2 Å². The SMILES string of the molecule is CCC(=O)Oc1nc(N)nc(OCC(C)C)c1N. The van der Waals surface area contributed by atoms with E-state index >= 15 is 0 Å². The van der Waals surface area contributed by atoms with Gasteiger partial charge in [-0.05, 0) is 5.92 Å². The highest BCUT2D eigenvalue weighted by Crippen LogP contribution is 2.29. The third-order valence-corrected chi connectivity index (χ3v) is 1.95. The number of aromatic nitrogens is 2. The monoisotopic (exact) mass is 254 g/mol. The maximum atomic E-state index is 11.2. The lowest BCUT2D eigenvalue weighted by molar-refractivity contribution is -0.134. The largest absolute Gasteiger partial charge is 0.476 e. The summed E-state index contributed by atoms with van der Waals surface area (Å²) in [4.78, 5) is 18.8. The van der Waals surface area contributed by atoms with Crippen LogP contribution in [0.2, 0.25) is 0 Å². The van der Waals surface area contributed by atoms with Crippen molar-refractivity contribution in [2.24, 2.45) is 5.92 Å². The van der Waals surface area contributed by atoms with Gasteiger partial charge in [0.2, 0.25) is 11.8 Å². The molecule has 0 aromatic carbocycles. The average molecular weight is 254 g/mol. The molecule has 0 unspecified atom stereocenters. The average Bonchev–Trinajstić information content (AvgIpc) is 2.31. The zero-order chi connectivity index (χ0) is 13.7. The van der Waals surface area contributed by atoms with Crippen LogP contribution in [0.1, 0.15) is 27.2 Å². The minimum atomic E-state index is -0.449. The van der Waals surface area contributed by atoms with E-state index in [1.165, 1.54) is 0 Å². The Hall–Kier alpha value is -2.05. The molecule has 0 spiro atoms. The molecule has 1 aromatic heterocycles. The van der Waals surface area contributed by atoms with E-state index in [-0.39, 0.29) is 29.8 Å². The molecule has 0 fully saturated rings. The first-order valence-electron chi connectivity index (χ1n) is 5.70. The maximum absolute atomic E-state index is 11.2. The summed E-state index contributed by atoms with van der Waals surface area (Å²) in [6.45, 7) is 6.07. The van der Waals surface area contributed by atoms with Gasteiger partial charge in [0, 0.05) is 6.42 Å². The van der Waals surface area contributed by atoms with Gasteiger partial charge in [-0.3, -0.25) is 4.79 Å². The Morgan fingerprint density at radius 3 is 2.44 bits per heavy atom. The van der Waals surface area contributed by atoms with Gasteiger partial charge >= 0.3 is 5.97 Å². The molecule has 0 atom stereocenters. The third-order valence-electron chi connectivity index (χ3n) is 1.95. The van der Waals surface area contributed by atoms with Crippen molar-refractivity contribution in [3.05, 3.63) is 0 Å². The number of nitrogen functional groups attached to an aromatic ring is 2. The Morgan fingerprint density at radius 1 is 1.28 bits per heavy atom. The summed E-state index contributed by atoms with van der Waals surface area (Å²) in [7, 11) is 0. The molecule has 7 heteroatoms. The molecule has 0 radical (unpaired) electrons. The van der Waals surface area contributed by atoms with Gasteiger partial charge in [0.15, 0.2) is 5.69 Å². The standard InChI is InChI=1S/C11H18N4O3/c1-4-7(16)18-10-8(12)9(14-11(13)15-10)17-5-6(2)3/h6H,4-5,12H2,1-3H3,(H2,13,14,15). The van der Waals surface area contributed by atoms with Crippen LogP contribution in [0.4, 0.5) is 11.6 Å². The van der Waals surface area contributed by atoms with Crippen LogP contribution in [-0.2, 0) is 4.79 Å². The second kappa shape index (κ2) is 6.04. The molecule has 0 saturated carbocycles. The third kappa shape index (κ3) is 3.76. The van der Waals surface area contributed by atoms with E-state index in [1.54, 1.807) is 6.92 Å². The maximum Gasteiger partial charge on any atom is 0.312 e. The van der Waals surface area contributed by atoms with E-state index in [1.807, 2.05) is 13.8 Å². The van der Waals surface area contributed by atoms with Crippen molar-refractivity contribution in [3.63, 3.8) is 0 Å². The highest BCUT2D eigenvalue weighted by atomic mass is 16.5. The highest BCUT2D eigenvalue weighted by Gasteiger charge is 2.16. The quantitative estimate of drug-likeness (QED) is 0.753. The normalized spacial score (nSPS) is 10.4. The lowest BCUT2D eigenvalue weighted by Crippen LogP contribution is -2.13.